The summed E-state index contributed by atoms with van der Waals surface area (Å²) < 4.78 is 0. The van der Waals surface area contributed by atoms with E-state index in [9.17, 15) is 9.90 Å². The quantitative estimate of drug-likeness (QED) is 0.792. The molecule has 0 aromatic heterocycles. The zero-order valence-electron chi connectivity index (χ0n) is 9.31. The molecular weight excluding hydrogens is 324 g/mol. The molecule has 1 aromatic rings. The third kappa shape index (κ3) is 4.37. The minimum absolute atomic E-state index is 0. The molecular formula is C10H13Cl4NO3. The van der Waals surface area contributed by atoms with Gasteiger partial charge in [0.15, 0.2) is 5.75 Å². The first-order valence-corrected chi connectivity index (χ1v) is 5.25. The van der Waals surface area contributed by atoms with E-state index in [1.807, 2.05) is 0 Å². The molecule has 0 saturated carbocycles. The highest BCUT2D eigenvalue weighted by Gasteiger charge is 2.17. The van der Waals surface area contributed by atoms with Crippen molar-refractivity contribution in [2.45, 2.75) is 19.4 Å². The molecule has 1 atom stereocenters. The van der Waals surface area contributed by atoms with E-state index < -0.39 is 12.0 Å². The van der Waals surface area contributed by atoms with Crippen LogP contribution in [0.5, 0.6) is 5.75 Å². The van der Waals surface area contributed by atoms with Gasteiger partial charge in [-0.2, -0.15) is 0 Å². The lowest BCUT2D eigenvalue weighted by Gasteiger charge is -2.12. The van der Waals surface area contributed by atoms with Gasteiger partial charge in [-0.05, 0) is 30.5 Å². The Morgan fingerprint density at radius 2 is 1.94 bits per heavy atom. The van der Waals surface area contributed by atoms with Gasteiger partial charge in [0.2, 0.25) is 0 Å². The highest BCUT2D eigenvalue weighted by atomic mass is 35.5. The number of phenolic OH excluding ortho intramolecular Hbond substituents is 1. The molecule has 1 unspecified atom stereocenters. The normalized spacial score (nSPS) is 11.1. The Bertz CT molecular complexity index is 440. The lowest BCUT2D eigenvalue weighted by Crippen LogP contribution is -2.32. The molecule has 0 aliphatic rings. The minimum atomic E-state index is -1.10. The van der Waals surface area contributed by atoms with E-state index in [2.05, 4.69) is 0 Å². The Hall–Kier alpha value is -0.390. The van der Waals surface area contributed by atoms with Gasteiger partial charge < -0.3 is 15.9 Å². The zero-order valence-corrected chi connectivity index (χ0v) is 12.5. The van der Waals surface area contributed by atoms with Crippen molar-refractivity contribution in [1.82, 2.24) is 0 Å². The molecule has 18 heavy (non-hydrogen) atoms. The first-order valence-electron chi connectivity index (χ1n) is 4.49. The third-order valence-corrected chi connectivity index (χ3v) is 3.05. The van der Waals surface area contributed by atoms with Gasteiger partial charge in [0.1, 0.15) is 6.04 Å². The average Bonchev–Trinajstić information content (AvgIpc) is 2.22. The molecule has 0 fully saturated rings. The predicted octanol–water partition coefficient (Wildman–Crippen LogP) is 2.81. The van der Waals surface area contributed by atoms with Crippen molar-refractivity contribution in [1.29, 1.82) is 0 Å². The maximum Gasteiger partial charge on any atom is 0.320 e. The molecule has 0 amide bonds. The molecule has 0 heterocycles. The summed E-state index contributed by atoms with van der Waals surface area (Å²) in [4.78, 5) is 10.6. The second-order valence-electron chi connectivity index (χ2n) is 3.45. The Labute approximate surface area is 127 Å². The SMILES string of the molecule is Cc1c(CC(N)C(=O)O)cc(Cl)c(O)c1Cl.Cl.Cl. The molecule has 0 aliphatic carbocycles. The summed E-state index contributed by atoms with van der Waals surface area (Å²) in [5.41, 5.74) is 6.60. The molecule has 4 N–H and O–H groups in total. The van der Waals surface area contributed by atoms with Gasteiger partial charge in [0, 0.05) is 0 Å². The van der Waals surface area contributed by atoms with Crippen LogP contribution in [0.15, 0.2) is 6.07 Å². The Kier molecular flexibility index (Phi) is 8.77. The number of carboxylic acid groups (broad SMARTS) is 1. The number of carbonyl (C=O) groups is 1. The van der Waals surface area contributed by atoms with Crippen molar-refractivity contribution in [2.24, 2.45) is 5.73 Å². The molecule has 104 valence electrons. The van der Waals surface area contributed by atoms with Crippen molar-refractivity contribution in [3.05, 3.63) is 27.2 Å². The molecule has 0 spiro atoms. The van der Waals surface area contributed by atoms with Crippen LogP contribution >= 0.6 is 48.0 Å². The van der Waals surface area contributed by atoms with Crippen molar-refractivity contribution < 1.29 is 15.0 Å². The maximum atomic E-state index is 10.6. The fourth-order valence-electron chi connectivity index (χ4n) is 1.29. The van der Waals surface area contributed by atoms with Gasteiger partial charge >= 0.3 is 5.97 Å². The van der Waals surface area contributed by atoms with E-state index in [1.54, 1.807) is 6.92 Å². The van der Waals surface area contributed by atoms with E-state index >= 15 is 0 Å². The number of hydrogen-bond donors (Lipinski definition) is 3. The second-order valence-corrected chi connectivity index (χ2v) is 4.24. The van der Waals surface area contributed by atoms with Crippen molar-refractivity contribution in [3.8, 4) is 5.75 Å². The number of hydrogen-bond acceptors (Lipinski definition) is 3. The van der Waals surface area contributed by atoms with Crippen LogP contribution in [0.3, 0.4) is 0 Å². The van der Waals surface area contributed by atoms with Gasteiger partial charge in [-0.15, -0.1) is 24.8 Å². The van der Waals surface area contributed by atoms with Crippen LogP contribution in [0, 0.1) is 6.92 Å². The standard InChI is InChI=1S/C10H11Cl2NO3.2ClH/c1-4-5(3-7(13)10(15)16)2-6(11)9(14)8(4)12;;/h2,7,14H,3,13H2,1H3,(H,15,16);2*1H. The lowest BCUT2D eigenvalue weighted by molar-refractivity contribution is -0.138. The molecule has 1 rings (SSSR count). The number of halogens is 4. The number of phenols is 1. The van der Waals surface area contributed by atoms with Crippen LogP contribution < -0.4 is 5.73 Å². The summed E-state index contributed by atoms with van der Waals surface area (Å²) >= 11 is 11.6. The van der Waals surface area contributed by atoms with Crippen molar-refractivity contribution >= 4 is 54.0 Å². The van der Waals surface area contributed by atoms with E-state index in [1.165, 1.54) is 6.07 Å². The summed E-state index contributed by atoms with van der Waals surface area (Å²) in [7, 11) is 0. The van der Waals surface area contributed by atoms with Crippen molar-refractivity contribution in [3.63, 3.8) is 0 Å². The van der Waals surface area contributed by atoms with Gasteiger partial charge in [-0.3, -0.25) is 4.79 Å². The maximum absolute atomic E-state index is 10.6. The van der Waals surface area contributed by atoms with Crippen LogP contribution in [0.4, 0.5) is 0 Å². The Balaban J connectivity index is 0. The molecule has 4 nitrogen and oxygen atoms in total. The number of aromatic hydroxyl groups is 1. The van der Waals surface area contributed by atoms with Crippen LogP contribution in [-0.2, 0) is 11.2 Å². The summed E-state index contributed by atoms with van der Waals surface area (Å²) in [6.45, 7) is 1.67. The largest absolute Gasteiger partial charge is 0.505 e. The van der Waals surface area contributed by atoms with Gasteiger partial charge in [0.05, 0.1) is 10.0 Å². The molecule has 0 saturated heterocycles. The minimum Gasteiger partial charge on any atom is -0.505 e. The van der Waals surface area contributed by atoms with Crippen LogP contribution in [0.1, 0.15) is 11.1 Å². The first kappa shape index (κ1) is 19.9. The topological polar surface area (TPSA) is 83.6 Å². The second kappa shape index (κ2) is 7.92. The highest BCUT2D eigenvalue weighted by Crippen LogP contribution is 2.36. The highest BCUT2D eigenvalue weighted by molar-refractivity contribution is 6.37. The fraction of sp³-hybridized carbons (Fsp3) is 0.300. The summed E-state index contributed by atoms with van der Waals surface area (Å²) in [6, 6.07) is 0.455. The van der Waals surface area contributed by atoms with E-state index in [4.69, 9.17) is 34.0 Å². The summed E-state index contributed by atoms with van der Waals surface area (Å²) in [6.07, 6.45) is 0.112. The van der Waals surface area contributed by atoms with Crippen molar-refractivity contribution in [2.75, 3.05) is 0 Å². The zero-order chi connectivity index (χ0) is 12.5. The number of aliphatic carboxylic acids is 1. The Morgan fingerprint density at radius 1 is 1.44 bits per heavy atom. The number of rotatable bonds is 3. The number of carboxylic acids is 1. The van der Waals surface area contributed by atoms with Crippen LogP contribution in [0.25, 0.3) is 0 Å². The molecule has 0 aliphatic heterocycles. The van der Waals surface area contributed by atoms with E-state index in [-0.39, 0.29) is 47.0 Å². The number of nitrogens with two attached hydrogens (primary N) is 1. The van der Waals surface area contributed by atoms with Gasteiger partial charge in [-0.25, -0.2) is 0 Å². The van der Waals surface area contributed by atoms with E-state index in [0.29, 0.717) is 11.1 Å². The van der Waals surface area contributed by atoms with Gasteiger partial charge in [-0.1, -0.05) is 23.2 Å². The predicted molar refractivity (Wildman–Crippen MR) is 76.7 cm³/mol. The Morgan fingerprint density at radius 3 is 2.39 bits per heavy atom. The van der Waals surface area contributed by atoms with Crippen LogP contribution in [0.2, 0.25) is 10.0 Å². The van der Waals surface area contributed by atoms with E-state index in [0.717, 1.165) is 0 Å². The summed E-state index contributed by atoms with van der Waals surface area (Å²) in [5.74, 6) is -1.30. The molecule has 8 heteroatoms. The number of benzene rings is 1. The smallest absolute Gasteiger partial charge is 0.320 e. The molecule has 0 bridgehead atoms. The monoisotopic (exact) mass is 335 g/mol. The fourth-order valence-corrected chi connectivity index (χ4v) is 1.79. The van der Waals surface area contributed by atoms with Crippen LogP contribution in [-0.4, -0.2) is 22.2 Å². The lowest BCUT2D eigenvalue weighted by atomic mass is 10.0. The summed E-state index contributed by atoms with van der Waals surface area (Å²) in [5, 5.41) is 18.3. The molecule has 1 aromatic carbocycles. The average molecular weight is 337 g/mol. The first-order chi connectivity index (χ1) is 7.34. The molecule has 0 radical (unpaired) electrons. The third-order valence-electron chi connectivity index (χ3n) is 2.30. The van der Waals surface area contributed by atoms with Gasteiger partial charge in [0.25, 0.3) is 0 Å².